The van der Waals surface area contributed by atoms with Crippen LogP contribution in [0.25, 0.3) is 11.6 Å². The number of nitrogens with zero attached hydrogens (tertiary/aromatic N) is 2. The van der Waals surface area contributed by atoms with E-state index in [4.69, 9.17) is 10.4 Å². The van der Waals surface area contributed by atoms with E-state index in [0.29, 0.717) is 4.53 Å². The van der Waals surface area contributed by atoms with E-state index in [1.165, 1.54) is 11.3 Å². The van der Waals surface area contributed by atoms with Gasteiger partial charge in [0, 0.05) is 21.6 Å². The van der Waals surface area contributed by atoms with Crippen LogP contribution >= 0.6 is 11.3 Å². The molecule has 0 atom stereocenters. The topological polar surface area (TPSA) is 64.3 Å². The zero-order valence-corrected chi connectivity index (χ0v) is 17.3. The SMILES string of the molecule is N#C/C(C(=O)O)=c1/cc/c(=C/c2ccc(N(c3ccccc3)c3ccccc3)cc2)s1. The highest BCUT2D eigenvalue weighted by Crippen LogP contribution is 2.34. The predicted molar refractivity (Wildman–Crippen MR) is 125 cm³/mol. The lowest BCUT2D eigenvalue weighted by Crippen LogP contribution is -2.09. The Labute approximate surface area is 183 Å². The van der Waals surface area contributed by atoms with Crippen LogP contribution in [0, 0.1) is 11.3 Å². The smallest absolute Gasteiger partial charge is 0.347 e. The Bertz CT molecular complexity index is 1310. The Kier molecular flexibility index (Phi) is 5.93. The van der Waals surface area contributed by atoms with Gasteiger partial charge in [-0.2, -0.15) is 5.26 Å². The Hall–Kier alpha value is -4.14. The molecule has 0 aliphatic heterocycles. The molecular formula is C26H18N2O2S. The van der Waals surface area contributed by atoms with Crippen LogP contribution in [0.5, 0.6) is 0 Å². The van der Waals surface area contributed by atoms with Crippen LogP contribution in [0.4, 0.5) is 17.1 Å². The van der Waals surface area contributed by atoms with Crippen molar-refractivity contribution in [1.82, 2.24) is 0 Å². The maximum Gasteiger partial charge on any atom is 0.347 e. The Balaban J connectivity index is 1.71. The summed E-state index contributed by atoms with van der Waals surface area (Å²) in [5, 5.41) is 18.2. The van der Waals surface area contributed by atoms with Crippen molar-refractivity contribution in [3.63, 3.8) is 0 Å². The fourth-order valence-electron chi connectivity index (χ4n) is 3.26. The van der Waals surface area contributed by atoms with E-state index in [-0.39, 0.29) is 5.57 Å². The van der Waals surface area contributed by atoms with E-state index in [0.717, 1.165) is 27.2 Å². The van der Waals surface area contributed by atoms with Crippen molar-refractivity contribution in [2.24, 2.45) is 0 Å². The van der Waals surface area contributed by atoms with Gasteiger partial charge in [0.1, 0.15) is 6.07 Å². The number of nitriles is 1. The molecule has 1 aromatic heterocycles. The lowest BCUT2D eigenvalue weighted by atomic mass is 10.1. The number of thiophene rings is 1. The largest absolute Gasteiger partial charge is 0.477 e. The summed E-state index contributed by atoms with van der Waals surface area (Å²) in [7, 11) is 0. The van der Waals surface area contributed by atoms with Gasteiger partial charge in [-0.3, -0.25) is 0 Å². The second kappa shape index (κ2) is 9.12. The molecule has 0 radical (unpaired) electrons. The number of carbonyl (C=O) groups is 1. The number of rotatable bonds is 5. The zero-order chi connectivity index (χ0) is 21.6. The molecule has 0 unspecified atom stereocenters. The Morgan fingerprint density at radius 1 is 0.806 bits per heavy atom. The molecule has 31 heavy (non-hydrogen) atoms. The van der Waals surface area contributed by atoms with Gasteiger partial charge in [0.05, 0.1) is 4.53 Å². The molecule has 0 bridgehead atoms. The van der Waals surface area contributed by atoms with Crippen LogP contribution in [-0.2, 0) is 4.79 Å². The van der Waals surface area contributed by atoms with E-state index in [2.05, 4.69) is 41.3 Å². The van der Waals surface area contributed by atoms with Gasteiger partial charge in [0.2, 0.25) is 0 Å². The van der Waals surface area contributed by atoms with Crippen LogP contribution in [0.1, 0.15) is 5.56 Å². The van der Waals surface area contributed by atoms with Gasteiger partial charge in [-0.25, -0.2) is 4.79 Å². The first-order valence-corrected chi connectivity index (χ1v) is 10.4. The number of para-hydroxylation sites is 2. The van der Waals surface area contributed by atoms with Crippen molar-refractivity contribution < 1.29 is 9.90 Å². The minimum Gasteiger partial charge on any atom is -0.477 e. The third kappa shape index (κ3) is 4.55. The van der Waals surface area contributed by atoms with E-state index in [1.807, 2.05) is 60.7 Å². The van der Waals surface area contributed by atoms with Crippen molar-refractivity contribution in [1.29, 1.82) is 5.26 Å². The number of hydrogen-bond acceptors (Lipinski definition) is 4. The molecule has 0 amide bonds. The van der Waals surface area contributed by atoms with Gasteiger partial charge >= 0.3 is 5.97 Å². The highest BCUT2D eigenvalue weighted by molar-refractivity contribution is 7.08. The van der Waals surface area contributed by atoms with Crippen LogP contribution in [-0.4, -0.2) is 11.1 Å². The van der Waals surface area contributed by atoms with Crippen LogP contribution < -0.4 is 14.0 Å². The molecule has 150 valence electrons. The van der Waals surface area contributed by atoms with E-state index >= 15 is 0 Å². The zero-order valence-electron chi connectivity index (χ0n) is 16.5. The molecule has 0 aliphatic carbocycles. The van der Waals surface area contributed by atoms with Crippen LogP contribution in [0.15, 0.2) is 97.1 Å². The molecule has 0 fully saturated rings. The first-order chi connectivity index (χ1) is 15.2. The quantitative estimate of drug-likeness (QED) is 0.502. The number of benzene rings is 3. The molecule has 4 aromatic rings. The third-order valence-corrected chi connectivity index (χ3v) is 5.74. The minimum atomic E-state index is -1.21. The monoisotopic (exact) mass is 422 g/mol. The lowest BCUT2D eigenvalue weighted by Gasteiger charge is -2.25. The Morgan fingerprint density at radius 3 is 1.87 bits per heavy atom. The summed E-state index contributed by atoms with van der Waals surface area (Å²) in [5.41, 5.74) is 3.93. The average Bonchev–Trinajstić information content (AvgIpc) is 3.25. The predicted octanol–water partition coefficient (Wildman–Crippen LogP) is 4.81. The normalized spacial score (nSPS) is 12.2. The molecular weight excluding hydrogens is 404 g/mol. The summed E-state index contributed by atoms with van der Waals surface area (Å²) in [6.45, 7) is 0. The summed E-state index contributed by atoms with van der Waals surface area (Å²) in [6, 6.07) is 33.8. The van der Waals surface area contributed by atoms with E-state index in [9.17, 15) is 4.79 Å². The van der Waals surface area contributed by atoms with Crippen molar-refractivity contribution in [2.75, 3.05) is 4.90 Å². The fraction of sp³-hybridized carbons (Fsp3) is 0. The van der Waals surface area contributed by atoms with Crippen LogP contribution in [0.3, 0.4) is 0 Å². The number of anilines is 3. The maximum absolute atomic E-state index is 11.2. The molecule has 1 N–H and O–H groups in total. The number of carboxylic acid groups (broad SMARTS) is 1. The van der Waals surface area contributed by atoms with E-state index in [1.54, 1.807) is 12.1 Å². The summed E-state index contributed by atoms with van der Waals surface area (Å²) in [6.07, 6.45) is 1.98. The van der Waals surface area contributed by atoms with Crippen LogP contribution in [0.2, 0.25) is 0 Å². The van der Waals surface area contributed by atoms with Crippen molar-refractivity contribution in [3.05, 3.63) is 112 Å². The second-order valence-corrected chi connectivity index (χ2v) is 7.85. The summed E-state index contributed by atoms with van der Waals surface area (Å²) < 4.78 is 1.34. The molecule has 4 nitrogen and oxygen atoms in total. The molecule has 0 aliphatic rings. The van der Waals surface area contributed by atoms with Gasteiger partial charge in [-0.1, -0.05) is 48.5 Å². The van der Waals surface area contributed by atoms with Gasteiger partial charge in [-0.15, -0.1) is 11.3 Å². The highest BCUT2D eigenvalue weighted by Gasteiger charge is 2.11. The first kappa shape index (κ1) is 20.1. The van der Waals surface area contributed by atoms with Gasteiger partial charge < -0.3 is 10.0 Å². The fourth-order valence-corrected chi connectivity index (χ4v) is 4.21. The number of carboxylic acids is 1. The molecule has 4 rings (SSSR count). The summed E-state index contributed by atoms with van der Waals surface area (Å²) in [5.74, 6) is -1.21. The molecule has 0 spiro atoms. The summed E-state index contributed by atoms with van der Waals surface area (Å²) >= 11 is 1.29. The maximum atomic E-state index is 11.2. The average molecular weight is 423 g/mol. The number of aliphatic carboxylic acids is 1. The second-order valence-electron chi connectivity index (χ2n) is 6.74. The lowest BCUT2D eigenvalue weighted by molar-refractivity contribution is -0.130. The molecule has 0 saturated carbocycles. The van der Waals surface area contributed by atoms with E-state index < -0.39 is 5.97 Å². The first-order valence-electron chi connectivity index (χ1n) is 9.61. The van der Waals surface area contributed by atoms with Gasteiger partial charge in [0.15, 0.2) is 5.57 Å². The standard InChI is InChI=1S/C26H18N2O2S/c27-18-24(26(29)30)25-16-15-23(31-25)17-19-11-13-22(14-12-19)28(20-7-3-1-4-8-20)21-9-5-2-6-10-21/h1-17H,(H,29,30)/b23-17-,25-24+. The van der Waals surface area contributed by atoms with Gasteiger partial charge in [0.25, 0.3) is 0 Å². The molecule has 3 aromatic carbocycles. The Morgan fingerprint density at radius 2 is 1.35 bits per heavy atom. The third-order valence-electron chi connectivity index (χ3n) is 4.69. The molecule has 0 saturated heterocycles. The van der Waals surface area contributed by atoms with Gasteiger partial charge in [-0.05, 0) is 60.2 Å². The van der Waals surface area contributed by atoms with Crippen molar-refractivity contribution in [2.45, 2.75) is 0 Å². The highest BCUT2D eigenvalue weighted by atomic mass is 32.1. The molecule has 1 heterocycles. The molecule has 5 heteroatoms. The van der Waals surface area contributed by atoms with Crippen molar-refractivity contribution in [3.8, 4) is 6.07 Å². The number of hydrogen-bond donors (Lipinski definition) is 1. The minimum absolute atomic E-state index is 0.235. The summed E-state index contributed by atoms with van der Waals surface area (Å²) in [4.78, 5) is 13.4. The van der Waals surface area contributed by atoms with Crippen molar-refractivity contribution >= 4 is 46.0 Å².